The number of rotatable bonds is 3. The molecule has 154 valence electrons. The lowest BCUT2D eigenvalue weighted by atomic mass is 10.1. The zero-order valence-electron chi connectivity index (χ0n) is 16.9. The predicted molar refractivity (Wildman–Crippen MR) is 114 cm³/mol. The van der Waals surface area contributed by atoms with E-state index in [-0.39, 0.29) is 23.5 Å². The molecule has 0 fully saturated rings. The first-order valence-electron chi connectivity index (χ1n) is 9.73. The molecule has 2 heterocycles. The number of carbonyl (C=O) groups is 3. The number of anilines is 2. The van der Waals surface area contributed by atoms with Gasteiger partial charge in [0, 0.05) is 17.3 Å². The van der Waals surface area contributed by atoms with E-state index in [1.165, 1.54) is 23.1 Å². The minimum atomic E-state index is -0.440. The van der Waals surface area contributed by atoms with Crippen LogP contribution < -0.4 is 19.7 Å². The van der Waals surface area contributed by atoms with E-state index in [4.69, 9.17) is 9.47 Å². The first-order valence-corrected chi connectivity index (χ1v) is 9.73. The Morgan fingerprint density at radius 1 is 0.871 bits per heavy atom. The lowest BCUT2D eigenvalue weighted by molar-refractivity contribution is 0.0925. The van der Waals surface area contributed by atoms with Crippen LogP contribution in [0.25, 0.3) is 0 Å². The van der Waals surface area contributed by atoms with Crippen LogP contribution in [0.2, 0.25) is 0 Å². The van der Waals surface area contributed by atoms with Gasteiger partial charge in [0.25, 0.3) is 17.7 Å². The number of benzene rings is 3. The van der Waals surface area contributed by atoms with Gasteiger partial charge >= 0.3 is 0 Å². The summed E-state index contributed by atoms with van der Waals surface area (Å²) in [5, 5.41) is 2.78. The Morgan fingerprint density at radius 2 is 1.65 bits per heavy atom. The van der Waals surface area contributed by atoms with Crippen molar-refractivity contribution in [3.8, 4) is 11.5 Å². The lowest BCUT2D eigenvalue weighted by Crippen LogP contribution is -2.30. The van der Waals surface area contributed by atoms with E-state index in [2.05, 4.69) is 5.32 Å². The summed E-state index contributed by atoms with van der Waals surface area (Å²) in [5.74, 6) is -0.0611. The molecule has 0 aromatic heterocycles. The molecule has 3 aromatic rings. The first-order chi connectivity index (χ1) is 14.9. The maximum Gasteiger partial charge on any atom is 0.266 e. The molecule has 5 rings (SSSR count). The van der Waals surface area contributed by atoms with Crippen molar-refractivity contribution in [3.05, 3.63) is 82.4 Å². The summed E-state index contributed by atoms with van der Waals surface area (Å²) in [4.78, 5) is 39.9. The van der Waals surface area contributed by atoms with Gasteiger partial charge in [-0.1, -0.05) is 17.7 Å². The number of nitrogens with zero attached hydrogens (tertiary/aromatic N) is 1. The standard InChI is InChI=1S/C24H18N2O5/c1-13-3-7-19(14(2)9-13)26-23(28)17-6-4-15(10-18(17)24(26)29)22(27)25-16-5-8-20-21(11-16)31-12-30-20/h3-11H,12H2,1-2H3,(H,25,27). The van der Waals surface area contributed by atoms with Crippen molar-refractivity contribution in [2.24, 2.45) is 0 Å². The van der Waals surface area contributed by atoms with Crippen LogP contribution in [0.4, 0.5) is 11.4 Å². The normalized spacial score (nSPS) is 14.1. The number of hydrogen-bond donors (Lipinski definition) is 1. The minimum Gasteiger partial charge on any atom is -0.454 e. The molecule has 7 heteroatoms. The molecule has 0 bridgehead atoms. The quantitative estimate of drug-likeness (QED) is 0.653. The highest BCUT2D eigenvalue weighted by Gasteiger charge is 2.37. The van der Waals surface area contributed by atoms with Crippen LogP contribution >= 0.6 is 0 Å². The summed E-state index contributed by atoms with van der Waals surface area (Å²) >= 11 is 0. The Kier molecular flexibility index (Phi) is 4.25. The van der Waals surface area contributed by atoms with Gasteiger partial charge in [-0.15, -0.1) is 0 Å². The Morgan fingerprint density at radius 3 is 2.45 bits per heavy atom. The molecule has 0 spiro atoms. The van der Waals surface area contributed by atoms with Gasteiger partial charge in [-0.05, 0) is 55.8 Å². The average molecular weight is 414 g/mol. The van der Waals surface area contributed by atoms with Gasteiger partial charge in [-0.3, -0.25) is 14.4 Å². The Labute approximate surface area is 178 Å². The Bertz CT molecular complexity index is 1280. The van der Waals surface area contributed by atoms with Crippen molar-refractivity contribution in [1.82, 2.24) is 0 Å². The van der Waals surface area contributed by atoms with Crippen molar-refractivity contribution < 1.29 is 23.9 Å². The molecule has 3 aromatic carbocycles. The van der Waals surface area contributed by atoms with Crippen LogP contribution in [0.15, 0.2) is 54.6 Å². The van der Waals surface area contributed by atoms with Crippen LogP contribution in [-0.4, -0.2) is 24.5 Å². The highest BCUT2D eigenvalue weighted by Crippen LogP contribution is 2.35. The van der Waals surface area contributed by atoms with Gasteiger partial charge in [-0.2, -0.15) is 0 Å². The molecule has 1 N–H and O–H groups in total. The van der Waals surface area contributed by atoms with E-state index < -0.39 is 17.7 Å². The number of carbonyl (C=O) groups excluding carboxylic acids is 3. The minimum absolute atomic E-state index is 0.144. The second-order valence-corrected chi connectivity index (χ2v) is 7.52. The largest absolute Gasteiger partial charge is 0.454 e. The Balaban J connectivity index is 1.43. The number of fused-ring (bicyclic) bond motifs is 2. The number of ether oxygens (including phenoxy) is 2. The van der Waals surface area contributed by atoms with Crippen molar-refractivity contribution in [3.63, 3.8) is 0 Å². The van der Waals surface area contributed by atoms with Crippen LogP contribution in [0.5, 0.6) is 11.5 Å². The van der Waals surface area contributed by atoms with Crippen molar-refractivity contribution in [2.45, 2.75) is 13.8 Å². The summed E-state index contributed by atoms with van der Waals surface area (Å²) in [7, 11) is 0. The fourth-order valence-electron chi connectivity index (χ4n) is 3.83. The third-order valence-corrected chi connectivity index (χ3v) is 5.37. The summed E-state index contributed by atoms with van der Waals surface area (Å²) in [5.41, 5.74) is 3.72. The van der Waals surface area contributed by atoms with E-state index >= 15 is 0 Å². The number of aryl methyl sites for hydroxylation is 2. The lowest BCUT2D eigenvalue weighted by Gasteiger charge is -2.16. The summed E-state index contributed by atoms with van der Waals surface area (Å²) < 4.78 is 10.6. The highest BCUT2D eigenvalue weighted by atomic mass is 16.7. The summed E-state index contributed by atoms with van der Waals surface area (Å²) in [6.45, 7) is 3.95. The molecule has 2 aliphatic heterocycles. The van der Waals surface area contributed by atoms with Crippen LogP contribution in [0.1, 0.15) is 42.2 Å². The molecule has 0 unspecified atom stereocenters. The third kappa shape index (κ3) is 3.11. The molecule has 0 radical (unpaired) electrons. The zero-order valence-corrected chi connectivity index (χ0v) is 16.9. The number of amides is 3. The summed E-state index contributed by atoms with van der Waals surface area (Å²) in [6.07, 6.45) is 0. The monoisotopic (exact) mass is 414 g/mol. The molecule has 31 heavy (non-hydrogen) atoms. The molecular weight excluding hydrogens is 396 g/mol. The van der Waals surface area contributed by atoms with Gasteiger partial charge in [0.1, 0.15) is 0 Å². The summed E-state index contributed by atoms with van der Waals surface area (Å²) in [6, 6.07) is 15.1. The smallest absolute Gasteiger partial charge is 0.266 e. The van der Waals surface area contributed by atoms with Crippen LogP contribution in [0.3, 0.4) is 0 Å². The van der Waals surface area contributed by atoms with Crippen molar-refractivity contribution in [1.29, 1.82) is 0 Å². The van der Waals surface area contributed by atoms with Crippen molar-refractivity contribution in [2.75, 3.05) is 17.0 Å². The number of hydrogen-bond acceptors (Lipinski definition) is 5. The van der Waals surface area contributed by atoms with Gasteiger partial charge < -0.3 is 14.8 Å². The van der Waals surface area contributed by atoms with Crippen LogP contribution in [-0.2, 0) is 0 Å². The molecule has 0 saturated carbocycles. The van der Waals surface area contributed by atoms with E-state index in [9.17, 15) is 14.4 Å². The van der Waals surface area contributed by atoms with E-state index in [0.717, 1.165) is 11.1 Å². The fourth-order valence-corrected chi connectivity index (χ4v) is 3.83. The molecule has 7 nitrogen and oxygen atoms in total. The van der Waals surface area contributed by atoms with Gasteiger partial charge in [0.05, 0.1) is 16.8 Å². The molecule has 0 aliphatic carbocycles. The third-order valence-electron chi connectivity index (χ3n) is 5.37. The Hall–Kier alpha value is -4.13. The number of imide groups is 1. The van der Waals surface area contributed by atoms with Gasteiger partial charge in [0.15, 0.2) is 11.5 Å². The highest BCUT2D eigenvalue weighted by molar-refractivity contribution is 6.35. The second kappa shape index (κ2) is 6.98. The molecule has 0 saturated heterocycles. The van der Waals surface area contributed by atoms with E-state index in [0.29, 0.717) is 22.9 Å². The molecular formula is C24H18N2O5. The zero-order chi connectivity index (χ0) is 21.7. The maximum atomic E-state index is 13.0. The van der Waals surface area contributed by atoms with Crippen LogP contribution in [0, 0.1) is 13.8 Å². The molecule has 2 aliphatic rings. The van der Waals surface area contributed by atoms with Crippen molar-refractivity contribution >= 4 is 29.1 Å². The van der Waals surface area contributed by atoms with Gasteiger partial charge in [0.2, 0.25) is 6.79 Å². The molecule has 3 amide bonds. The molecule has 0 atom stereocenters. The maximum absolute atomic E-state index is 13.0. The predicted octanol–water partition coefficient (Wildman–Crippen LogP) is 4.09. The first kappa shape index (κ1) is 18.9. The topological polar surface area (TPSA) is 84.9 Å². The van der Waals surface area contributed by atoms with E-state index in [1.807, 2.05) is 26.0 Å². The number of nitrogens with one attached hydrogen (secondary N) is 1. The van der Waals surface area contributed by atoms with E-state index in [1.54, 1.807) is 24.3 Å². The average Bonchev–Trinajstić information content (AvgIpc) is 3.31. The fraction of sp³-hybridized carbons (Fsp3) is 0.125. The van der Waals surface area contributed by atoms with Gasteiger partial charge in [-0.25, -0.2) is 4.90 Å². The second-order valence-electron chi connectivity index (χ2n) is 7.52. The SMILES string of the molecule is Cc1ccc(N2C(=O)c3ccc(C(=O)Nc4ccc5c(c4)OCO5)cc3C2=O)c(C)c1.